The molecule has 0 fully saturated rings. The van der Waals surface area contributed by atoms with Crippen molar-refractivity contribution in [2.45, 2.75) is 25.8 Å². The van der Waals surface area contributed by atoms with E-state index < -0.39 is 0 Å². The molecule has 1 N–H and O–H groups in total. The molecule has 1 aliphatic rings. The summed E-state index contributed by atoms with van der Waals surface area (Å²) < 4.78 is 15.7. The summed E-state index contributed by atoms with van der Waals surface area (Å²) >= 11 is 0. The molecule has 5 rings (SSSR count). The number of nitrogens with one attached hydrogen (secondary N) is 1. The molecule has 3 aromatic carbocycles. The van der Waals surface area contributed by atoms with Gasteiger partial charge in [0.1, 0.15) is 5.82 Å². The van der Waals surface area contributed by atoms with Gasteiger partial charge in [-0.25, -0.2) is 9.37 Å². The molecule has 2 heterocycles. The van der Waals surface area contributed by atoms with E-state index >= 15 is 0 Å². The molecule has 0 unspecified atom stereocenters. The van der Waals surface area contributed by atoms with Crippen molar-refractivity contribution in [3.8, 4) is 0 Å². The zero-order chi connectivity index (χ0) is 20.0. The highest BCUT2D eigenvalue weighted by atomic mass is 19.1. The standard InChI is InChI=1S/C25H22FN3/c1-16(2)17-7-9-18(10-8-17)22-15-24(19-11-13-20(26)14-12-19)29-23-6-4-3-5-21(23)27-25(29)28-22/h3-16,24H,1-2H3,(H,27,28)/t24-/m1/s1. The first kappa shape index (κ1) is 17.7. The molecule has 0 amide bonds. The summed E-state index contributed by atoms with van der Waals surface area (Å²) in [6.07, 6.45) is 2.19. The molecule has 0 bridgehead atoms. The fourth-order valence-electron chi connectivity index (χ4n) is 3.93. The van der Waals surface area contributed by atoms with E-state index in [2.05, 4.69) is 60.1 Å². The summed E-state index contributed by atoms with van der Waals surface area (Å²) in [6, 6.07) is 23.4. The number of allylic oxidation sites excluding steroid dienone is 1. The second-order valence-corrected chi connectivity index (χ2v) is 7.77. The van der Waals surface area contributed by atoms with Gasteiger partial charge in [-0.1, -0.05) is 62.4 Å². The molecule has 4 heteroatoms. The normalized spacial score (nSPS) is 15.9. The van der Waals surface area contributed by atoms with Crippen LogP contribution in [-0.4, -0.2) is 9.55 Å². The number of hydrogen-bond donors (Lipinski definition) is 1. The summed E-state index contributed by atoms with van der Waals surface area (Å²) in [6.45, 7) is 4.39. The van der Waals surface area contributed by atoms with Crippen molar-refractivity contribution in [3.63, 3.8) is 0 Å². The van der Waals surface area contributed by atoms with Gasteiger partial charge in [-0.15, -0.1) is 0 Å². The minimum absolute atomic E-state index is 0.0703. The van der Waals surface area contributed by atoms with Crippen molar-refractivity contribution in [1.82, 2.24) is 9.55 Å². The average Bonchev–Trinajstić information content (AvgIpc) is 3.12. The smallest absolute Gasteiger partial charge is 0.209 e. The van der Waals surface area contributed by atoms with Crippen LogP contribution in [0.2, 0.25) is 0 Å². The molecule has 144 valence electrons. The number of hydrogen-bond acceptors (Lipinski definition) is 2. The third-order valence-corrected chi connectivity index (χ3v) is 5.54. The zero-order valence-corrected chi connectivity index (χ0v) is 16.4. The molecule has 0 radical (unpaired) electrons. The fourth-order valence-corrected chi connectivity index (χ4v) is 3.93. The summed E-state index contributed by atoms with van der Waals surface area (Å²) in [5, 5.41) is 3.50. The van der Waals surface area contributed by atoms with Gasteiger partial charge in [0.05, 0.1) is 17.1 Å². The highest BCUT2D eigenvalue weighted by molar-refractivity contribution is 5.85. The first-order valence-electron chi connectivity index (χ1n) is 9.92. The van der Waals surface area contributed by atoms with Gasteiger partial charge in [0, 0.05) is 5.70 Å². The lowest BCUT2D eigenvalue weighted by molar-refractivity contribution is 0.624. The van der Waals surface area contributed by atoms with Gasteiger partial charge in [0.15, 0.2) is 0 Å². The number of benzene rings is 3. The molecule has 0 saturated heterocycles. The average molecular weight is 383 g/mol. The number of fused-ring (bicyclic) bond motifs is 3. The van der Waals surface area contributed by atoms with Crippen molar-refractivity contribution in [2.24, 2.45) is 0 Å². The van der Waals surface area contributed by atoms with E-state index in [1.807, 2.05) is 30.3 Å². The van der Waals surface area contributed by atoms with Crippen LogP contribution in [0.15, 0.2) is 78.9 Å². The largest absolute Gasteiger partial charge is 0.325 e. The van der Waals surface area contributed by atoms with Gasteiger partial charge in [0.2, 0.25) is 5.95 Å². The number of rotatable bonds is 3. The van der Waals surface area contributed by atoms with Crippen LogP contribution in [0.5, 0.6) is 0 Å². The summed E-state index contributed by atoms with van der Waals surface area (Å²) in [7, 11) is 0. The molecule has 3 nitrogen and oxygen atoms in total. The maximum atomic E-state index is 13.5. The second-order valence-electron chi connectivity index (χ2n) is 7.77. The van der Waals surface area contributed by atoms with Crippen LogP contribution in [0.25, 0.3) is 16.7 Å². The summed E-state index contributed by atoms with van der Waals surface area (Å²) in [5.74, 6) is 1.06. The van der Waals surface area contributed by atoms with Gasteiger partial charge < -0.3 is 5.32 Å². The maximum Gasteiger partial charge on any atom is 0.209 e. The van der Waals surface area contributed by atoms with Gasteiger partial charge >= 0.3 is 0 Å². The van der Waals surface area contributed by atoms with Gasteiger partial charge in [-0.2, -0.15) is 0 Å². The number of anilines is 1. The molecule has 0 spiro atoms. The lowest BCUT2D eigenvalue weighted by Crippen LogP contribution is -2.19. The predicted molar refractivity (Wildman–Crippen MR) is 116 cm³/mol. The predicted octanol–water partition coefficient (Wildman–Crippen LogP) is 6.35. The van der Waals surface area contributed by atoms with Gasteiger partial charge in [0.25, 0.3) is 0 Å². The first-order chi connectivity index (χ1) is 14.1. The minimum Gasteiger partial charge on any atom is -0.325 e. The van der Waals surface area contributed by atoms with Gasteiger partial charge in [-0.3, -0.25) is 4.57 Å². The highest BCUT2D eigenvalue weighted by Gasteiger charge is 2.25. The second kappa shape index (κ2) is 6.89. The Morgan fingerprint density at radius 2 is 1.66 bits per heavy atom. The number of imidazole rings is 1. The quantitative estimate of drug-likeness (QED) is 0.446. The molecule has 1 aromatic heterocycles. The Kier molecular flexibility index (Phi) is 4.20. The zero-order valence-electron chi connectivity index (χ0n) is 16.4. The van der Waals surface area contributed by atoms with Crippen LogP contribution in [0.1, 0.15) is 42.5 Å². The van der Waals surface area contributed by atoms with Crippen molar-refractivity contribution >= 4 is 22.7 Å². The minimum atomic E-state index is -0.230. The molecule has 4 aromatic rings. The molecule has 1 atom stereocenters. The Bertz CT molecular complexity index is 1200. The molecular formula is C25H22FN3. The van der Waals surface area contributed by atoms with E-state index in [0.29, 0.717) is 5.92 Å². The molecular weight excluding hydrogens is 361 g/mol. The van der Waals surface area contributed by atoms with E-state index in [0.717, 1.165) is 33.8 Å². The lowest BCUT2D eigenvalue weighted by atomic mass is 9.98. The number of halogens is 1. The van der Waals surface area contributed by atoms with Crippen LogP contribution in [0, 0.1) is 5.82 Å². The number of nitrogens with zero attached hydrogens (tertiary/aromatic N) is 2. The Labute approximate surface area is 169 Å². The Balaban J connectivity index is 1.65. The first-order valence-corrected chi connectivity index (χ1v) is 9.92. The van der Waals surface area contributed by atoms with E-state index in [1.54, 1.807) is 0 Å². The number of aromatic nitrogens is 2. The van der Waals surface area contributed by atoms with Crippen LogP contribution >= 0.6 is 0 Å². The Morgan fingerprint density at radius 1 is 0.931 bits per heavy atom. The Hall–Kier alpha value is -3.40. The van der Waals surface area contributed by atoms with Crippen molar-refractivity contribution in [3.05, 3.63) is 101 Å². The summed E-state index contributed by atoms with van der Waals surface area (Å²) in [4.78, 5) is 4.81. The van der Waals surface area contributed by atoms with Crippen LogP contribution in [-0.2, 0) is 0 Å². The molecule has 29 heavy (non-hydrogen) atoms. The van der Waals surface area contributed by atoms with Crippen LogP contribution in [0.3, 0.4) is 0 Å². The van der Waals surface area contributed by atoms with Crippen LogP contribution in [0.4, 0.5) is 10.3 Å². The maximum absolute atomic E-state index is 13.5. The van der Waals surface area contributed by atoms with Crippen molar-refractivity contribution < 1.29 is 4.39 Å². The molecule has 1 aliphatic heterocycles. The molecule has 0 aliphatic carbocycles. The van der Waals surface area contributed by atoms with Crippen molar-refractivity contribution in [1.29, 1.82) is 0 Å². The monoisotopic (exact) mass is 383 g/mol. The molecule has 0 saturated carbocycles. The Morgan fingerprint density at radius 3 is 2.38 bits per heavy atom. The third kappa shape index (κ3) is 3.11. The van der Waals surface area contributed by atoms with E-state index in [9.17, 15) is 4.39 Å². The van der Waals surface area contributed by atoms with Crippen LogP contribution < -0.4 is 5.32 Å². The summed E-state index contributed by atoms with van der Waals surface area (Å²) in [5.41, 5.74) is 6.44. The third-order valence-electron chi connectivity index (χ3n) is 5.54. The number of para-hydroxylation sites is 2. The lowest BCUT2D eigenvalue weighted by Gasteiger charge is -2.26. The van der Waals surface area contributed by atoms with Gasteiger partial charge in [-0.05, 0) is 52.9 Å². The van der Waals surface area contributed by atoms with E-state index in [-0.39, 0.29) is 11.9 Å². The highest BCUT2D eigenvalue weighted by Crippen LogP contribution is 2.37. The van der Waals surface area contributed by atoms with Crippen molar-refractivity contribution in [2.75, 3.05) is 5.32 Å². The topological polar surface area (TPSA) is 29.9 Å². The van der Waals surface area contributed by atoms with E-state index in [4.69, 9.17) is 4.98 Å². The van der Waals surface area contributed by atoms with E-state index in [1.165, 1.54) is 17.7 Å². The fraction of sp³-hybridized carbons (Fsp3) is 0.160. The SMILES string of the molecule is CC(C)c1ccc(C2=C[C@H](c3ccc(F)cc3)n3c(nc4ccccc43)N2)cc1.